The van der Waals surface area contributed by atoms with E-state index in [0.717, 1.165) is 6.54 Å². The molecule has 0 bridgehead atoms. The molecular weight excluding hydrogens is 226 g/mol. The molecule has 2 heteroatoms. The van der Waals surface area contributed by atoms with Crippen molar-refractivity contribution in [1.29, 1.82) is 0 Å². The van der Waals surface area contributed by atoms with Crippen LogP contribution >= 0.6 is 11.3 Å². The molecule has 0 aliphatic heterocycles. The minimum atomic E-state index is 0.283. The first-order valence-corrected chi connectivity index (χ1v) is 7.48. The molecule has 0 fully saturated rings. The lowest BCUT2D eigenvalue weighted by atomic mass is 9.95. The first kappa shape index (κ1) is 14.7. The Morgan fingerprint density at radius 3 is 2.29 bits per heavy atom. The summed E-state index contributed by atoms with van der Waals surface area (Å²) in [5.41, 5.74) is 0.283. The van der Waals surface area contributed by atoms with Crippen molar-refractivity contribution in [3.05, 3.63) is 21.9 Å². The van der Waals surface area contributed by atoms with Crippen molar-refractivity contribution in [2.24, 2.45) is 5.92 Å². The maximum absolute atomic E-state index is 3.66. The summed E-state index contributed by atoms with van der Waals surface area (Å²) in [7, 11) is 0. The Labute approximate surface area is 111 Å². The molecule has 1 aromatic heterocycles. The highest BCUT2D eigenvalue weighted by molar-refractivity contribution is 7.12. The summed E-state index contributed by atoms with van der Waals surface area (Å²) < 4.78 is 0. The van der Waals surface area contributed by atoms with Gasteiger partial charge in [-0.1, -0.05) is 41.5 Å². The summed E-state index contributed by atoms with van der Waals surface area (Å²) in [6.07, 6.45) is 1.20. The second kappa shape index (κ2) is 6.01. The smallest absolute Gasteiger partial charge is 0.0302 e. The third-order valence-corrected chi connectivity index (χ3v) is 4.69. The summed E-state index contributed by atoms with van der Waals surface area (Å²) in [6, 6.07) is 5.18. The minimum absolute atomic E-state index is 0.283. The van der Waals surface area contributed by atoms with E-state index >= 15 is 0 Å². The molecule has 1 aromatic rings. The Bertz CT molecular complexity index is 333. The maximum Gasteiger partial charge on any atom is 0.0302 e. The summed E-state index contributed by atoms with van der Waals surface area (Å²) in [6.45, 7) is 14.7. The lowest BCUT2D eigenvalue weighted by molar-refractivity contribution is 0.389. The van der Waals surface area contributed by atoms with Gasteiger partial charge in [0.2, 0.25) is 0 Å². The minimum Gasteiger partial charge on any atom is -0.309 e. The van der Waals surface area contributed by atoms with Gasteiger partial charge >= 0.3 is 0 Å². The molecule has 0 saturated heterocycles. The van der Waals surface area contributed by atoms with Crippen molar-refractivity contribution in [2.45, 2.75) is 66.0 Å². The van der Waals surface area contributed by atoms with E-state index in [1.807, 2.05) is 11.3 Å². The number of nitrogens with one attached hydrogen (secondary N) is 1. The number of hydrogen-bond acceptors (Lipinski definition) is 2. The standard InChI is InChI=1S/C15H27NS/c1-7-13(11(2)3)16-10-12-8-9-14(17-12)15(4,5)6/h8-9,11,13,16H,7,10H2,1-6H3. The van der Waals surface area contributed by atoms with Crippen molar-refractivity contribution >= 4 is 11.3 Å². The number of rotatable bonds is 5. The van der Waals surface area contributed by atoms with E-state index in [9.17, 15) is 0 Å². The fourth-order valence-corrected chi connectivity index (χ4v) is 2.98. The molecule has 1 heterocycles. The van der Waals surface area contributed by atoms with Crippen LogP contribution in [0.1, 0.15) is 57.7 Å². The van der Waals surface area contributed by atoms with Gasteiger partial charge in [0.25, 0.3) is 0 Å². The number of hydrogen-bond donors (Lipinski definition) is 1. The van der Waals surface area contributed by atoms with Crippen molar-refractivity contribution < 1.29 is 0 Å². The lowest BCUT2D eigenvalue weighted by Crippen LogP contribution is -2.32. The van der Waals surface area contributed by atoms with Crippen LogP contribution in [0.4, 0.5) is 0 Å². The highest BCUT2D eigenvalue weighted by atomic mass is 32.1. The predicted molar refractivity (Wildman–Crippen MR) is 78.8 cm³/mol. The molecule has 0 spiro atoms. The summed E-state index contributed by atoms with van der Waals surface area (Å²) >= 11 is 1.94. The molecule has 17 heavy (non-hydrogen) atoms. The van der Waals surface area contributed by atoms with Crippen LogP contribution in [-0.4, -0.2) is 6.04 Å². The Kier molecular flexibility index (Phi) is 5.21. The van der Waals surface area contributed by atoms with E-state index in [-0.39, 0.29) is 5.41 Å². The molecule has 0 aliphatic carbocycles. The average Bonchev–Trinajstić information content (AvgIpc) is 2.66. The van der Waals surface area contributed by atoms with Gasteiger partial charge in [-0.3, -0.25) is 0 Å². The van der Waals surface area contributed by atoms with Gasteiger partial charge in [-0.05, 0) is 29.9 Å². The molecule has 0 radical (unpaired) electrons. The SMILES string of the molecule is CCC(NCc1ccc(C(C)(C)C)s1)C(C)C. The number of thiophene rings is 1. The summed E-state index contributed by atoms with van der Waals surface area (Å²) in [4.78, 5) is 2.93. The molecule has 1 unspecified atom stereocenters. The van der Waals surface area contributed by atoms with Crippen LogP contribution in [0.15, 0.2) is 12.1 Å². The van der Waals surface area contributed by atoms with E-state index in [1.54, 1.807) is 0 Å². The van der Waals surface area contributed by atoms with Crippen molar-refractivity contribution in [1.82, 2.24) is 5.32 Å². The monoisotopic (exact) mass is 253 g/mol. The van der Waals surface area contributed by atoms with Gasteiger partial charge in [0.15, 0.2) is 0 Å². The van der Waals surface area contributed by atoms with Crippen LogP contribution in [-0.2, 0) is 12.0 Å². The molecule has 0 saturated carbocycles. The van der Waals surface area contributed by atoms with E-state index < -0.39 is 0 Å². The van der Waals surface area contributed by atoms with Gasteiger partial charge in [-0.2, -0.15) is 0 Å². The van der Waals surface area contributed by atoms with Gasteiger partial charge in [-0.15, -0.1) is 11.3 Å². The third kappa shape index (κ3) is 4.44. The molecule has 0 amide bonds. The molecular formula is C15H27NS. The highest BCUT2D eigenvalue weighted by Crippen LogP contribution is 2.29. The van der Waals surface area contributed by atoms with E-state index in [1.165, 1.54) is 16.2 Å². The second-order valence-electron chi connectivity index (χ2n) is 6.16. The van der Waals surface area contributed by atoms with Crippen LogP contribution in [0.3, 0.4) is 0 Å². The summed E-state index contributed by atoms with van der Waals surface area (Å²) in [5, 5.41) is 3.66. The largest absolute Gasteiger partial charge is 0.309 e. The van der Waals surface area contributed by atoms with Gasteiger partial charge in [0.05, 0.1) is 0 Å². The molecule has 1 nitrogen and oxygen atoms in total. The van der Waals surface area contributed by atoms with Crippen LogP contribution in [0.5, 0.6) is 0 Å². The average molecular weight is 253 g/mol. The molecule has 98 valence electrons. The molecule has 0 aromatic carbocycles. The first-order chi connectivity index (χ1) is 7.84. The zero-order valence-electron chi connectivity index (χ0n) is 12.1. The molecule has 1 rings (SSSR count). The Morgan fingerprint density at radius 2 is 1.88 bits per heavy atom. The van der Waals surface area contributed by atoms with E-state index in [0.29, 0.717) is 12.0 Å². The van der Waals surface area contributed by atoms with Gasteiger partial charge in [0.1, 0.15) is 0 Å². The second-order valence-corrected chi connectivity index (χ2v) is 7.32. The van der Waals surface area contributed by atoms with Gasteiger partial charge < -0.3 is 5.32 Å². The Morgan fingerprint density at radius 1 is 1.24 bits per heavy atom. The van der Waals surface area contributed by atoms with Gasteiger partial charge in [-0.25, -0.2) is 0 Å². The first-order valence-electron chi connectivity index (χ1n) is 6.67. The van der Waals surface area contributed by atoms with Crippen molar-refractivity contribution in [3.8, 4) is 0 Å². The van der Waals surface area contributed by atoms with Crippen LogP contribution < -0.4 is 5.32 Å². The van der Waals surface area contributed by atoms with Crippen molar-refractivity contribution in [3.63, 3.8) is 0 Å². The molecule has 0 aliphatic rings. The highest BCUT2D eigenvalue weighted by Gasteiger charge is 2.16. The predicted octanol–water partition coefficient (Wildman–Crippen LogP) is 4.57. The van der Waals surface area contributed by atoms with Crippen LogP contribution in [0.2, 0.25) is 0 Å². The zero-order valence-corrected chi connectivity index (χ0v) is 12.9. The van der Waals surface area contributed by atoms with Gasteiger partial charge in [0, 0.05) is 22.3 Å². The van der Waals surface area contributed by atoms with Crippen LogP contribution in [0.25, 0.3) is 0 Å². The van der Waals surface area contributed by atoms with E-state index in [2.05, 4.69) is 59.0 Å². The Balaban J connectivity index is 2.56. The van der Waals surface area contributed by atoms with Crippen molar-refractivity contribution in [2.75, 3.05) is 0 Å². The normalized spacial score (nSPS) is 14.3. The maximum atomic E-state index is 3.66. The lowest BCUT2D eigenvalue weighted by Gasteiger charge is -2.20. The fourth-order valence-electron chi connectivity index (χ4n) is 1.96. The quantitative estimate of drug-likeness (QED) is 0.810. The third-order valence-electron chi connectivity index (χ3n) is 3.18. The van der Waals surface area contributed by atoms with Crippen LogP contribution in [0, 0.1) is 5.92 Å². The molecule has 1 atom stereocenters. The Hall–Kier alpha value is -0.340. The molecule has 1 N–H and O–H groups in total. The fraction of sp³-hybridized carbons (Fsp3) is 0.733. The van der Waals surface area contributed by atoms with E-state index in [4.69, 9.17) is 0 Å². The topological polar surface area (TPSA) is 12.0 Å². The summed E-state index contributed by atoms with van der Waals surface area (Å²) in [5.74, 6) is 0.710. The zero-order chi connectivity index (χ0) is 13.1.